The lowest BCUT2D eigenvalue weighted by Crippen LogP contribution is -2.43. The van der Waals surface area contributed by atoms with Gasteiger partial charge in [0.05, 0.1) is 12.8 Å². The quantitative estimate of drug-likeness (QED) is 0.393. The van der Waals surface area contributed by atoms with E-state index in [-0.39, 0.29) is 13.4 Å². The van der Waals surface area contributed by atoms with Crippen LogP contribution in [-0.4, -0.2) is 56.1 Å². The highest BCUT2D eigenvalue weighted by atomic mass is 32.2. The number of esters is 1. The molecule has 1 aliphatic heterocycles. The zero-order valence-electron chi connectivity index (χ0n) is 14.9. The topological polar surface area (TPSA) is 95.5 Å². The minimum absolute atomic E-state index is 0.198. The number of fused-ring (bicyclic) bond motifs is 1. The van der Waals surface area contributed by atoms with Crippen LogP contribution < -0.4 is 14.8 Å². The number of amides is 1. The maximum absolute atomic E-state index is 12.0. The largest absolute Gasteiger partial charge is 0.467 e. The Morgan fingerprint density at radius 1 is 1.35 bits per heavy atom. The number of carbonyl (C=O) groups excluding carboxylic acids is 2. The Labute approximate surface area is 156 Å². The van der Waals surface area contributed by atoms with Crippen molar-refractivity contribution in [2.75, 3.05) is 32.5 Å². The molecule has 2 rings (SSSR count). The van der Waals surface area contributed by atoms with E-state index in [9.17, 15) is 9.59 Å². The van der Waals surface area contributed by atoms with Gasteiger partial charge in [-0.05, 0) is 43.6 Å². The van der Waals surface area contributed by atoms with Gasteiger partial charge >= 0.3 is 5.97 Å². The molecule has 0 bridgehead atoms. The number of benzene rings is 1. The molecule has 0 saturated heterocycles. The molecular formula is C17H22N2O6S. The summed E-state index contributed by atoms with van der Waals surface area (Å²) in [5.41, 5.74) is 1.38. The first-order chi connectivity index (χ1) is 12.5. The van der Waals surface area contributed by atoms with Gasteiger partial charge in [0.1, 0.15) is 6.04 Å². The highest BCUT2D eigenvalue weighted by molar-refractivity contribution is 7.98. The molecule has 142 valence electrons. The van der Waals surface area contributed by atoms with Crippen molar-refractivity contribution in [2.24, 2.45) is 5.16 Å². The van der Waals surface area contributed by atoms with E-state index in [2.05, 4.69) is 10.5 Å². The molecule has 1 aromatic rings. The number of carbonyl (C=O) groups is 2. The average molecular weight is 382 g/mol. The van der Waals surface area contributed by atoms with Crippen LogP contribution in [0.4, 0.5) is 0 Å². The summed E-state index contributed by atoms with van der Waals surface area (Å²) in [5.74, 6) is 1.13. The van der Waals surface area contributed by atoms with Crippen LogP contribution >= 0.6 is 11.8 Å². The maximum atomic E-state index is 12.0. The van der Waals surface area contributed by atoms with Crippen LogP contribution in [0.5, 0.6) is 11.5 Å². The van der Waals surface area contributed by atoms with Gasteiger partial charge in [0.25, 0.3) is 5.91 Å². The van der Waals surface area contributed by atoms with Gasteiger partial charge in [0.2, 0.25) is 6.79 Å². The Morgan fingerprint density at radius 3 is 2.85 bits per heavy atom. The first-order valence-corrected chi connectivity index (χ1v) is 9.37. The maximum Gasteiger partial charge on any atom is 0.328 e. The van der Waals surface area contributed by atoms with Crippen LogP contribution in [0.15, 0.2) is 23.4 Å². The molecule has 0 aromatic heterocycles. The van der Waals surface area contributed by atoms with Crippen molar-refractivity contribution in [3.8, 4) is 11.5 Å². The normalized spacial score (nSPS) is 13.9. The fourth-order valence-electron chi connectivity index (χ4n) is 2.22. The number of thioether (sulfide) groups is 1. The number of ether oxygens (including phenoxy) is 3. The summed E-state index contributed by atoms with van der Waals surface area (Å²) in [7, 11) is 1.29. The predicted molar refractivity (Wildman–Crippen MR) is 97.7 cm³/mol. The molecule has 1 N–H and O–H groups in total. The number of nitrogens with zero attached hydrogens (tertiary/aromatic N) is 1. The molecule has 0 saturated carbocycles. The average Bonchev–Trinajstić information content (AvgIpc) is 3.12. The van der Waals surface area contributed by atoms with Crippen LogP contribution in [0.2, 0.25) is 0 Å². The molecule has 9 heteroatoms. The molecule has 0 fully saturated rings. The summed E-state index contributed by atoms with van der Waals surface area (Å²) in [6, 6.07) is 4.71. The Hall–Kier alpha value is -2.42. The van der Waals surface area contributed by atoms with Crippen molar-refractivity contribution in [2.45, 2.75) is 19.4 Å². The van der Waals surface area contributed by atoms with E-state index in [1.807, 2.05) is 12.3 Å². The van der Waals surface area contributed by atoms with E-state index in [0.29, 0.717) is 23.6 Å². The standard InChI is InChI=1S/C17H22N2O6S/c1-11(12-4-5-14-15(8-12)24-10-23-14)19-25-9-16(20)18-13(6-7-26-3)17(21)22-2/h4-5,8,13H,6-7,9-10H2,1-3H3,(H,18,20)/b19-11-/t13-/m0/s1. The second-order valence-corrected chi connectivity index (χ2v) is 6.43. The Kier molecular flexibility index (Phi) is 7.58. The highest BCUT2D eigenvalue weighted by Gasteiger charge is 2.21. The van der Waals surface area contributed by atoms with Gasteiger partial charge in [-0.15, -0.1) is 0 Å². The van der Waals surface area contributed by atoms with Gasteiger partial charge in [0.15, 0.2) is 18.1 Å². The minimum atomic E-state index is -0.692. The summed E-state index contributed by atoms with van der Waals surface area (Å²) in [5, 5.41) is 6.53. The zero-order valence-corrected chi connectivity index (χ0v) is 15.8. The van der Waals surface area contributed by atoms with Gasteiger partial charge in [-0.2, -0.15) is 11.8 Å². The second kappa shape index (κ2) is 9.91. The van der Waals surface area contributed by atoms with E-state index in [1.165, 1.54) is 7.11 Å². The summed E-state index contributed by atoms with van der Waals surface area (Å²) in [6.45, 7) is 1.66. The molecule has 0 spiro atoms. The lowest BCUT2D eigenvalue weighted by molar-refractivity contribution is -0.145. The first-order valence-electron chi connectivity index (χ1n) is 7.98. The Balaban J connectivity index is 1.85. The van der Waals surface area contributed by atoms with Crippen LogP contribution in [-0.2, 0) is 19.2 Å². The number of nitrogens with one attached hydrogen (secondary N) is 1. The smallest absolute Gasteiger partial charge is 0.328 e. The van der Waals surface area contributed by atoms with Gasteiger partial charge in [-0.25, -0.2) is 4.79 Å². The molecule has 0 radical (unpaired) electrons. The summed E-state index contributed by atoms with van der Waals surface area (Å²) >= 11 is 1.58. The fourth-order valence-corrected chi connectivity index (χ4v) is 2.70. The van der Waals surface area contributed by atoms with Gasteiger partial charge in [-0.1, -0.05) is 5.16 Å². The Morgan fingerprint density at radius 2 is 2.12 bits per heavy atom. The second-order valence-electron chi connectivity index (χ2n) is 5.44. The molecule has 0 aliphatic carbocycles. The Bertz CT molecular complexity index is 679. The summed E-state index contributed by atoms with van der Waals surface area (Å²) in [6.07, 6.45) is 2.41. The lowest BCUT2D eigenvalue weighted by Gasteiger charge is -2.15. The van der Waals surface area contributed by atoms with E-state index in [4.69, 9.17) is 19.0 Å². The molecule has 1 atom stereocenters. The molecule has 1 amide bonds. The number of rotatable bonds is 9. The van der Waals surface area contributed by atoms with Crippen LogP contribution in [0, 0.1) is 0 Å². The first kappa shape index (κ1) is 19.9. The molecule has 1 heterocycles. The molecule has 0 unspecified atom stereocenters. The van der Waals surface area contributed by atoms with E-state index in [1.54, 1.807) is 30.8 Å². The van der Waals surface area contributed by atoms with Gasteiger partial charge in [-0.3, -0.25) is 4.79 Å². The van der Waals surface area contributed by atoms with Gasteiger partial charge < -0.3 is 24.4 Å². The lowest BCUT2D eigenvalue weighted by atomic mass is 10.1. The summed E-state index contributed by atoms with van der Waals surface area (Å²) < 4.78 is 15.3. The molecular weight excluding hydrogens is 360 g/mol. The SMILES string of the molecule is COC(=O)[C@H](CCSC)NC(=O)CO/N=C(/C)c1ccc2c(c1)OCO2. The number of hydrogen-bond donors (Lipinski definition) is 1. The monoisotopic (exact) mass is 382 g/mol. The van der Waals surface area contributed by atoms with Crippen molar-refractivity contribution in [1.82, 2.24) is 5.32 Å². The third-order valence-corrected chi connectivity index (χ3v) is 4.26. The molecule has 8 nitrogen and oxygen atoms in total. The molecule has 1 aromatic carbocycles. The van der Waals surface area contributed by atoms with Crippen molar-refractivity contribution in [3.63, 3.8) is 0 Å². The van der Waals surface area contributed by atoms with Crippen LogP contribution in [0.25, 0.3) is 0 Å². The highest BCUT2D eigenvalue weighted by Crippen LogP contribution is 2.32. The van der Waals surface area contributed by atoms with Crippen LogP contribution in [0.1, 0.15) is 18.9 Å². The van der Waals surface area contributed by atoms with Crippen LogP contribution in [0.3, 0.4) is 0 Å². The van der Waals surface area contributed by atoms with E-state index >= 15 is 0 Å². The third kappa shape index (κ3) is 5.55. The number of hydrogen-bond acceptors (Lipinski definition) is 8. The number of oxime groups is 1. The summed E-state index contributed by atoms with van der Waals surface area (Å²) in [4.78, 5) is 28.7. The molecule has 26 heavy (non-hydrogen) atoms. The minimum Gasteiger partial charge on any atom is -0.467 e. The van der Waals surface area contributed by atoms with E-state index in [0.717, 1.165) is 11.3 Å². The van der Waals surface area contributed by atoms with Crippen molar-refractivity contribution >= 4 is 29.4 Å². The van der Waals surface area contributed by atoms with Crippen molar-refractivity contribution in [1.29, 1.82) is 0 Å². The van der Waals surface area contributed by atoms with Crippen molar-refractivity contribution in [3.05, 3.63) is 23.8 Å². The predicted octanol–water partition coefficient (Wildman–Crippen LogP) is 1.57. The molecule has 1 aliphatic rings. The van der Waals surface area contributed by atoms with Gasteiger partial charge in [0, 0.05) is 5.56 Å². The fraction of sp³-hybridized carbons (Fsp3) is 0.471. The van der Waals surface area contributed by atoms with E-state index < -0.39 is 17.9 Å². The zero-order chi connectivity index (χ0) is 18.9. The third-order valence-electron chi connectivity index (χ3n) is 3.62. The van der Waals surface area contributed by atoms with Crippen molar-refractivity contribution < 1.29 is 28.6 Å². The number of methoxy groups -OCH3 is 1.